The van der Waals surface area contributed by atoms with Crippen LogP contribution in [0.5, 0.6) is 5.75 Å². The highest BCUT2D eigenvalue weighted by Gasteiger charge is 2.15. The minimum absolute atomic E-state index is 0.267. The molecule has 0 aliphatic carbocycles. The van der Waals surface area contributed by atoms with Crippen LogP contribution in [-0.4, -0.2) is 13.1 Å². The van der Waals surface area contributed by atoms with Crippen LogP contribution in [0.2, 0.25) is 5.02 Å². The van der Waals surface area contributed by atoms with Crippen LogP contribution < -0.4 is 4.74 Å². The molecular weight excluding hydrogens is 216 g/mol. The maximum absolute atomic E-state index is 10.3. The van der Waals surface area contributed by atoms with Crippen LogP contribution in [0.15, 0.2) is 12.1 Å². The predicted molar refractivity (Wildman–Crippen MR) is 56.1 cm³/mol. The molecule has 0 bridgehead atoms. The van der Waals surface area contributed by atoms with E-state index in [9.17, 15) is 4.79 Å². The van der Waals surface area contributed by atoms with Crippen LogP contribution >= 0.6 is 11.6 Å². The fourth-order valence-corrected chi connectivity index (χ4v) is 1.92. The maximum Gasteiger partial charge on any atom is 0.189 e. The summed E-state index contributed by atoms with van der Waals surface area (Å²) in [5.41, 5.74) is 1.93. The number of rotatable bonds is 3. The zero-order chi connectivity index (χ0) is 10.7. The number of carbonyl (C=O) groups excluding carboxylic acids is 1. The Morgan fingerprint density at radius 3 is 3.13 bits per heavy atom. The van der Waals surface area contributed by atoms with Crippen LogP contribution in [-0.2, 0) is 22.6 Å². The summed E-state index contributed by atoms with van der Waals surface area (Å²) >= 11 is 5.96. The molecule has 2 rings (SSSR count). The van der Waals surface area contributed by atoms with Gasteiger partial charge in [-0.15, -0.1) is 0 Å². The van der Waals surface area contributed by atoms with Crippen molar-refractivity contribution in [1.82, 2.24) is 0 Å². The number of halogens is 1. The molecular formula is C11H11ClO3. The van der Waals surface area contributed by atoms with Crippen molar-refractivity contribution >= 4 is 17.9 Å². The van der Waals surface area contributed by atoms with Gasteiger partial charge in [0.1, 0.15) is 12.0 Å². The third-order valence-electron chi connectivity index (χ3n) is 2.28. The lowest BCUT2D eigenvalue weighted by Crippen LogP contribution is -2.13. The third kappa shape index (κ3) is 2.30. The van der Waals surface area contributed by atoms with Crippen molar-refractivity contribution in [3.05, 3.63) is 28.3 Å². The molecule has 0 N–H and O–H groups in total. The molecule has 0 unspecified atom stereocenters. The number of benzene rings is 1. The Balaban J connectivity index is 2.34. The van der Waals surface area contributed by atoms with Crippen LogP contribution in [0, 0.1) is 0 Å². The normalized spacial score (nSPS) is 14.2. The first-order chi connectivity index (χ1) is 7.31. The zero-order valence-electron chi connectivity index (χ0n) is 8.16. The molecule has 0 spiro atoms. The van der Waals surface area contributed by atoms with Crippen molar-refractivity contribution in [3.8, 4) is 5.75 Å². The topological polar surface area (TPSA) is 35.5 Å². The van der Waals surface area contributed by atoms with Gasteiger partial charge in [-0.25, -0.2) is 0 Å². The highest BCUT2D eigenvalue weighted by molar-refractivity contribution is 6.30. The number of hydrogen-bond donors (Lipinski definition) is 0. The second kappa shape index (κ2) is 4.64. The molecule has 1 aromatic carbocycles. The Bertz CT molecular complexity index is 376. The minimum Gasteiger partial charge on any atom is -0.467 e. The van der Waals surface area contributed by atoms with Gasteiger partial charge in [0.2, 0.25) is 0 Å². The van der Waals surface area contributed by atoms with Gasteiger partial charge in [-0.2, -0.15) is 0 Å². The van der Waals surface area contributed by atoms with Crippen LogP contribution in [0.4, 0.5) is 0 Å². The lowest BCUT2D eigenvalue weighted by Gasteiger charge is -2.20. The number of hydrogen-bond acceptors (Lipinski definition) is 3. The van der Waals surface area contributed by atoms with Gasteiger partial charge in [0.15, 0.2) is 6.79 Å². The highest BCUT2D eigenvalue weighted by atomic mass is 35.5. The Morgan fingerprint density at radius 1 is 1.47 bits per heavy atom. The van der Waals surface area contributed by atoms with Crippen LogP contribution in [0.3, 0.4) is 0 Å². The van der Waals surface area contributed by atoms with Crippen molar-refractivity contribution in [2.45, 2.75) is 19.4 Å². The van der Waals surface area contributed by atoms with E-state index >= 15 is 0 Å². The molecule has 80 valence electrons. The molecule has 1 heterocycles. The van der Waals surface area contributed by atoms with Gasteiger partial charge in [0, 0.05) is 17.0 Å². The second-order valence-corrected chi connectivity index (χ2v) is 3.81. The third-order valence-corrected chi connectivity index (χ3v) is 2.50. The first kappa shape index (κ1) is 10.5. The van der Waals surface area contributed by atoms with E-state index in [1.165, 1.54) is 0 Å². The SMILES string of the molecule is O=CCCc1cc(Cl)cc2c1OCOC2. The van der Waals surface area contributed by atoms with Gasteiger partial charge >= 0.3 is 0 Å². The van der Waals surface area contributed by atoms with E-state index in [1.807, 2.05) is 12.1 Å². The minimum atomic E-state index is 0.267. The summed E-state index contributed by atoms with van der Waals surface area (Å²) < 4.78 is 10.6. The standard InChI is InChI=1S/C11H11ClO3/c12-10-4-8(2-1-3-13)11-9(5-10)6-14-7-15-11/h3-5H,1-2,6-7H2. The molecule has 4 heteroatoms. The summed E-state index contributed by atoms with van der Waals surface area (Å²) in [5, 5.41) is 0.656. The number of aryl methyl sites for hydroxylation is 1. The van der Waals surface area contributed by atoms with Crippen molar-refractivity contribution in [1.29, 1.82) is 0 Å². The molecule has 3 nitrogen and oxygen atoms in total. The average Bonchev–Trinajstić information content (AvgIpc) is 2.25. The van der Waals surface area contributed by atoms with Gasteiger partial charge in [-0.05, 0) is 24.1 Å². The zero-order valence-corrected chi connectivity index (χ0v) is 8.92. The van der Waals surface area contributed by atoms with E-state index < -0.39 is 0 Å². The summed E-state index contributed by atoms with van der Waals surface area (Å²) in [6.45, 7) is 0.784. The lowest BCUT2D eigenvalue weighted by atomic mass is 10.0. The van der Waals surface area contributed by atoms with Crippen LogP contribution in [0.25, 0.3) is 0 Å². The molecule has 0 saturated carbocycles. The molecule has 1 aromatic rings. The molecule has 0 amide bonds. The first-order valence-corrected chi connectivity index (χ1v) is 5.14. The molecule has 1 aliphatic rings. The fraction of sp³-hybridized carbons (Fsp3) is 0.364. The molecule has 15 heavy (non-hydrogen) atoms. The Hall–Kier alpha value is -1.06. The fourth-order valence-electron chi connectivity index (χ4n) is 1.66. The maximum atomic E-state index is 10.3. The van der Waals surface area contributed by atoms with Gasteiger partial charge in [0.05, 0.1) is 6.61 Å². The van der Waals surface area contributed by atoms with Crippen molar-refractivity contribution in [2.24, 2.45) is 0 Å². The number of aldehydes is 1. The first-order valence-electron chi connectivity index (χ1n) is 4.76. The number of ether oxygens (including phenoxy) is 2. The largest absolute Gasteiger partial charge is 0.467 e. The summed E-state index contributed by atoms with van der Waals surface area (Å²) in [6.07, 6.45) is 2.04. The summed E-state index contributed by atoms with van der Waals surface area (Å²) in [4.78, 5) is 10.3. The van der Waals surface area contributed by atoms with Gasteiger partial charge < -0.3 is 14.3 Å². The Morgan fingerprint density at radius 2 is 2.33 bits per heavy atom. The Labute approximate surface area is 92.9 Å². The van der Waals surface area contributed by atoms with Crippen molar-refractivity contribution < 1.29 is 14.3 Å². The monoisotopic (exact) mass is 226 g/mol. The molecule has 0 saturated heterocycles. The van der Waals surface area contributed by atoms with E-state index in [1.54, 1.807) is 0 Å². The lowest BCUT2D eigenvalue weighted by molar-refractivity contribution is -0.107. The van der Waals surface area contributed by atoms with E-state index in [2.05, 4.69) is 0 Å². The molecule has 0 radical (unpaired) electrons. The summed E-state index contributed by atoms with van der Waals surface area (Å²) in [7, 11) is 0. The van der Waals surface area contributed by atoms with E-state index in [0.717, 1.165) is 23.2 Å². The van der Waals surface area contributed by atoms with Gasteiger partial charge in [-0.1, -0.05) is 11.6 Å². The van der Waals surface area contributed by atoms with Gasteiger partial charge in [0.25, 0.3) is 0 Å². The number of carbonyl (C=O) groups is 1. The molecule has 0 fully saturated rings. The Kier molecular flexibility index (Phi) is 3.23. The summed E-state index contributed by atoms with van der Waals surface area (Å²) in [6, 6.07) is 3.68. The average molecular weight is 227 g/mol. The summed E-state index contributed by atoms with van der Waals surface area (Å²) in [5.74, 6) is 0.826. The van der Waals surface area contributed by atoms with Crippen molar-refractivity contribution in [3.63, 3.8) is 0 Å². The molecule has 0 aromatic heterocycles. The van der Waals surface area contributed by atoms with Crippen molar-refractivity contribution in [2.75, 3.05) is 6.79 Å². The smallest absolute Gasteiger partial charge is 0.189 e. The molecule has 1 aliphatic heterocycles. The second-order valence-electron chi connectivity index (χ2n) is 3.37. The van der Waals surface area contributed by atoms with E-state index in [0.29, 0.717) is 24.5 Å². The highest BCUT2D eigenvalue weighted by Crippen LogP contribution is 2.32. The van der Waals surface area contributed by atoms with Crippen LogP contribution in [0.1, 0.15) is 17.5 Å². The number of fused-ring (bicyclic) bond motifs is 1. The quantitative estimate of drug-likeness (QED) is 0.743. The van der Waals surface area contributed by atoms with E-state index in [4.69, 9.17) is 21.1 Å². The van der Waals surface area contributed by atoms with E-state index in [-0.39, 0.29) is 6.79 Å². The van der Waals surface area contributed by atoms with Gasteiger partial charge in [-0.3, -0.25) is 0 Å². The predicted octanol–water partition coefficient (Wildman–Crippen LogP) is 2.34. The molecule has 0 atom stereocenters.